The van der Waals surface area contributed by atoms with Crippen LogP contribution >= 0.6 is 0 Å². The second-order valence-corrected chi connectivity index (χ2v) is 10.0. The lowest BCUT2D eigenvalue weighted by Crippen LogP contribution is -2.34. The smallest absolute Gasteiger partial charge is 0.338 e. The summed E-state index contributed by atoms with van der Waals surface area (Å²) in [5, 5.41) is 76.7. The molecule has 1 aliphatic rings. The van der Waals surface area contributed by atoms with Crippen LogP contribution in [0, 0.1) is 0 Å². The first kappa shape index (κ1) is 33.5. The summed E-state index contributed by atoms with van der Waals surface area (Å²) in [7, 11) is 3.08. The van der Waals surface area contributed by atoms with Gasteiger partial charge in [-0.15, -0.1) is 0 Å². The fourth-order valence-corrected chi connectivity index (χ4v) is 4.60. The first-order chi connectivity index (χ1) is 22.3. The third kappa shape index (κ3) is 7.81. The van der Waals surface area contributed by atoms with Crippen molar-refractivity contribution in [2.24, 2.45) is 0 Å². The van der Waals surface area contributed by atoms with E-state index in [0.29, 0.717) is 17.1 Å². The predicted octanol–water partition coefficient (Wildman–Crippen LogP) is 4.33. The molecule has 0 bridgehead atoms. The SMILES string of the molecule is COc1ccc(C=CC(=O)O)cc1OC.O=C(OC1Cc2c(O)cc(O)cc2OC1c1ccc(O)c(O)c1)c1cc(O)c(O)c(O)c1. The van der Waals surface area contributed by atoms with Gasteiger partial charge in [0.1, 0.15) is 23.4 Å². The maximum Gasteiger partial charge on any atom is 0.338 e. The number of methoxy groups -OCH3 is 2. The van der Waals surface area contributed by atoms with Crippen LogP contribution in [0.1, 0.15) is 33.2 Å². The molecule has 0 aliphatic carbocycles. The number of benzene rings is 4. The summed E-state index contributed by atoms with van der Waals surface area (Å²) in [4.78, 5) is 23.0. The van der Waals surface area contributed by atoms with Gasteiger partial charge in [-0.1, -0.05) is 12.1 Å². The highest BCUT2D eigenvalue weighted by Gasteiger charge is 2.37. The van der Waals surface area contributed by atoms with Crippen LogP contribution in [0.25, 0.3) is 6.08 Å². The first-order valence-electron chi connectivity index (χ1n) is 13.6. The van der Waals surface area contributed by atoms with Crippen LogP contribution in [0.4, 0.5) is 0 Å². The molecule has 0 spiro atoms. The molecule has 2 unspecified atom stereocenters. The van der Waals surface area contributed by atoms with E-state index in [4.69, 9.17) is 24.1 Å². The Balaban J connectivity index is 0.000000280. The molecule has 14 nitrogen and oxygen atoms in total. The molecular weight excluding hydrogens is 620 g/mol. The molecule has 4 aromatic carbocycles. The molecule has 14 heteroatoms. The second kappa shape index (κ2) is 14.1. The van der Waals surface area contributed by atoms with Crippen molar-refractivity contribution in [3.63, 3.8) is 0 Å². The summed E-state index contributed by atoms with van der Waals surface area (Å²) in [6.07, 6.45) is 0.437. The summed E-state index contributed by atoms with van der Waals surface area (Å²) in [6, 6.07) is 13.2. The first-order valence-corrected chi connectivity index (χ1v) is 13.6. The normalized spacial score (nSPS) is 15.0. The molecule has 0 radical (unpaired) electrons. The van der Waals surface area contributed by atoms with Crippen LogP contribution in [0.3, 0.4) is 0 Å². The summed E-state index contributed by atoms with van der Waals surface area (Å²) < 4.78 is 21.5. The standard InChI is InChI=1S/C22H18O10.C11H12O4/c23-11-6-14(25)12-8-19(32-22(30)10-4-16(27)20(29)17(28)5-10)21(31-18(12)7-11)9-1-2-13(24)15(26)3-9;1-14-9-5-3-8(4-6-11(12)13)7-10(9)15-2/h1-7,19,21,23-29H,8H2;3-7H,1-2H3,(H,12,13). The number of phenols is 7. The van der Waals surface area contributed by atoms with Crippen LogP contribution < -0.4 is 14.2 Å². The van der Waals surface area contributed by atoms with E-state index >= 15 is 0 Å². The Labute approximate surface area is 266 Å². The van der Waals surface area contributed by atoms with E-state index in [0.717, 1.165) is 29.8 Å². The number of fused-ring (bicyclic) bond motifs is 1. The number of hydrogen-bond donors (Lipinski definition) is 8. The van der Waals surface area contributed by atoms with Gasteiger partial charge in [0.15, 0.2) is 46.4 Å². The molecule has 0 fully saturated rings. The van der Waals surface area contributed by atoms with E-state index in [1.54, 1.807) is 25.3 Å². The number of hydrogen-bond acceptors (Lipinski definition) is 13. The lowest BCUT2D eigenvalue weighted by molar-refractivity contribution is -0.131. The second-order valence-electron chi connectivity index (χ2n) is 10.0. The average Bonchev–Trinajstić information content (AvgIpc) is 3.03. The summed E-state index contributed by atoms with van der Waals surface area (Å²) in [5.41, 5.74) is 1.07. The summed E-state index contributed by atoms with van der Waals surface area (Å²) >= 11 is 0. The zero-order valence-corrected chi connectivity index (χ0v) is 24.8. The van der Waals surface area contributed by atoms with E-state index < -0.39 is 47.1 Å². The van der Waals surface area contributed by atoms with Crippen LogP contribution in [-0.2, 0) is 16.0 Å². The monoisotopic (exact) mass is 650 g/mol. The molecule has 4 aromatic rings. The lowest BCUT2D eigenvalue weighted by atomic mass is 9.93. The van der Waals surface area contributed by atoms with Crippen molar-refractivity contribution in [3.8, 4) is 57.5 Å². The third-order valence-electron chi connectivity index (χ3n) is 6.88. The number of aromatic hydroxyl groups is 7. The van der Waals surface area contributed by atoms with Gasteiger partial charge in [0.05, 0.1) is 19.8 Å². The highest BCUT2D eigenvalue weighted by molar-refractivity contribution is 5.91. The Kier molecular flexibility index (Phi) is 10.0. The zero-order valence-electron chi connectivity index (χ0n) is 24.8. The van der Waals surface area contributed by atoms with Crippen molar-refractivity contribution >= 4 is 18.0 Å². The quantitative estimate of drug-likeness (QED) is 0.0790. The fraction of sp³-hybridized carbons (Fsp3) is 0.152. The number of rotatable bonds is 7. The van der Waals surface area contributed by atoms with Crippen molar-refractivity contribution < 1.29 is 69.4 Å². The molecule has 1 heterocycles. The van der Waals surface area contributed by atoms with Crippen molar-refractivity contribution in [1.82, 2.24) is 0 Å². The number of carboxylic acids is 1. The lowest BCUT2D eigenvalue weighted by Gasteiger charge is -2.34. The van der Waals surface area contributed by atoms with Gasteiger partial charge in [-0.25, -0.2) is 9.59 Å². The van der Waals surface area contributed by atoms with Gasteiger partial charge < -0.3 is 59.8 Å². The molecule has 8 N–H and O–H groups in total. The predicted molar refractivity (Wildman–Crippen MR) is 163 cm³/mol. The number of aliphatic carboxylic acids is 1. The molecule has 1 aliphatic heterocycles. The largest absolute Gasteiger partial charge is 0.508 e. The van der Waals surface area contributed by atoms with Gasteiger partial charge in [-0.2, -0.15) is 0 Å². The van der Waals surface area contributed by atoms with Gasteiger partial charge in [0.2, 0.25) is 0 Å². The van der Waals surface area contributed by atoms with Crippen LogP contribution in [-0.4, -0.2) is 73.1 Å². The van der Waals surface area contributed by atoms with Gasteiger partial charge >= 0.3 is 11.9 Å². The van der Waals surface area contributed by atoms with Gasteiger partial charge in [0, 0.05) is 35.8 Å². The zero-order chi connectivity index (χ0) is 34.4. The van der Waals surface area contributed by atoms with Crippen LogP contribution in [0.2, 0.25) is 0 Å². The van der Waals surface area contributed by atoms with E-state index in [-0.39, 0.29) is 40.5 Å². The Morgan fingerprint density at radius 2 is 1.45 bits per heavy atom. The minimum absolute atomic E-state index is 0.0461. The highest BCUT2D eigenvalue weighted by atomic mass is 16.6. The number of esters is 1. The summed E-state index contributed by atoms with van der Waals surface area (Å²) in [5.74, 6) is -4.22. The van der Waals surface area contributed by atoms with E-state index in [1.165, 1.54) is 37.5 Å². The molecular formula is C33H30O14. The summed E-state index contributed by atoms with van der Waals surface area (Å²) in [6.45, 7) is 0. The minimum atomic E-state index is -1.06. The number of carboxylic acid groups (broad SMARTS) is 1. The number of ether oxygens (including phenoxy) is 4. The maximum absolute atomic E-state index is 12.7. The van der Waals surface area contributed by atoms with E-state index in [1.807, 2.05) is 0 Å². The van der Waals surface area contributed by atoms with E-state index in [9.17, 15) is 45.3 Å². The Morgan fingerprint density at radius 1 is 0.766 bits per heavy atom. The molecule has 0 saturated heterocycles. The molecule has 0 aromatic heterocycles. The Bertz CT molecular complexity index is 1810. The van der Waals surface area contributed by atoms with Gasteiger partial charge in [-0.3, -0.25) is 0 Å². The molecule has 47 heavy (non-hydrogen) atoms. The van der Waals surface area contributed by atoms with Crippen LogP contribution in [0.15, 0.2) is 66.7 Å². The topological polar surface area (TPSA) is 233 Å². The van der Waals surface area contributed by atoms with Crippen molar-refractivity contribution in [3.05, 3.63) is 89.0 Å². The molecule has 246 valence electrons. The molecule has 2 atom stereocenters. The Hall–Kier alpha value is -6.44. The molecule has 0 saturated carbocycles. The third-order valence-corrected chi connectivity index (χ3v) is 6.88. The van der Waals surface area contributed by atoms with Gasteiger partial charge in [-0.05, 0) is 48.0 Å². The molecule has 5 rings (SSSR count). The van der Waals surface area contributed by atoms with Gasteiger partial charge in [0.25, 0.3) is 0 Å². The maximum atomic E-state index is 12.7. The van der Waals surface area contributed by atoms with E-state index in [2.05, 4.69) is 0 Å². The number of phenolic OH excluding ortho intramolecular Hbond substituents is 7. The van der Waals surface area contributed by atoms with Crippen molar-refractivity contribution in [2.75, 3.05) is 14.2 Å². The van der Waals surface area contributed by atoms with Crippen molar-refractivity contribution in [2.45, 2.75) is 18.6 Å². The highest BCUT2D eigenvalue weighted by Crippen LogP contribution is 2.44. The van der Waals surface area contributed by atoms with Crippen LogP contribution in [0.5, 0.6) is 57.5 Å². The number of carbonyl (C=O) groups is 2. The van der Waals surface area contributed by atoms with Crippen molar-refractivity contribution in [1.29, 1.82) is 0 Å². The molecule has 0 amide bonds. The minimum Gasteiger partial charge on any atom is -0.508 e. The fourth-order valence-electron chi connectivity index (χ4n) is 4.60. The average molecular weight is 651 g/mol. The number of carbonyl (C=O) groups excluding carboxylic acids is 1. The Morgan fingerprint density at radius 3 is 2.06 bits per heavy atom.